The maximum atomic E-state index is 5.35. The van der Waals surface area contributed by atoms with E-state index in [1.54, 1.807) is 18.6 Å². The van der Waals surface area contributed by atoms with Crippen LogP contribution in [-0.2, 0) is 0 Å². The van der Waals surface area contributed by atoms with Crippen LogP contribution in [0.25, 0.3) is 17.1 Å². The van der Waals surface area contributed by atoms with Gasteiger partial charge in [0, 0.05) is 24.0 Å². The summed E-state index contributed by atoms with van der Waals surface area (Å²) in [6, 6.07) is 7.46. The van der Waals surface area contributed by atoms with Crippen molar-refractivity contribution in [2.24, 2.45) is 0 Å². The lowest BCUT2D eigenvalue weighted by Crippen LogP contribution is -2.00. The Labute approximate surface area is 126 Å². The van der Waals surface area contributed by atoms with Crippen molar-refractivity contribution in [1.82, 2.24) is 24.7 Å². The fourth-order valence-corrected chi connectivity index (χ4v) is 2.21. The summed E-state index contributed by atoms with van der Waals surface area (Å²) < 4.78 is 7.68. The first-order chi connectivity index (χ1) is 10.3. The van der Waals surface area contributed by atoms with E-state index in [0.717, 1.165) is 11.3 Å². The van der Waals surface area contributed by atoms with Gasteiger partial charge < -0.3 is 4.74 Å². The van der Waals surface area contributed by atoms with Crippen LogP contribution in [0.2, 0.25) is 0 Å². The highest BCUT2D eigenvalue weighted by molar-refractivity contribution is 7.71. The molecule has 0 aliphatic heterocycles. The highest BCUT2D eigenvalue weighted by Crippen LogP contribution is 2.21. The van der Waals surface area contributed by atoms with Crippen LogP contribution >= 0.6 is 12.2 Å². The Morgan fingerprint density at radius 1 is 1.24 bits per heavy atom. The Morgan fingerprint density at radius 3 is 2.71 bits per heavy atom. The summed E-state index contributed by atoms with van der Waals surface area (Å²) in [5, 5.41) is 7.09. The minimum absolute atomic E-state index is 0.507. The van der Waals surface area contributed by atoms with Crippen molar-refractivity contribution >= 4 is 12.2 Å². The van der Waals surface area contributed by atoms with Crippen LogP contribution in [0.3, 0.4) is 0 Å². The highest BCUT2D eigenvalue weighted by atomic mass is 32.1. The number of pyridine rings is 2. The van der Waals surface area contributed by atoms with Crippen LogP contribution in [0, 0.1) is 4.77 Å². The molecule has 0 spiro atoms. The molecule has 6 nitrogen and oxygen atoms in total. The first-order valence-electron chi connectivity index (χ1n) is 6.46. The third-order valence-corrected chi connectivity index (χ3v) is 3.16. The molecule has 21 heavy (non-hydrogen) atoms. The molecule has 0 radical (unpaired) electrons. The number of nitrogens with one attached hydrogen (secondary N) is 1. The largest absolute Gasteiger partial charge is 0.478 e. The normalized spacial score (nSPS) is 10.5. The second-order valence-corrected chi connectivity index (χ2v) is 4.60. The lowest BCUT2D eigenvalue weighted by molar-refractivity contribution is 0.327. The molecular formula is C14H13N5OS. The summed E-state index contributed by atoms with van der Waals surface area (Å²) >= 11 is 5.31. The summed E-state index contributed by atoms with van der Waals surface area (Å²) in [5.74, 6) is 1.30. The third kappa shape index (κ3) is 2.68. The van der Waals surface area contributed by atoms with E-state index in [1.807, 2.05) is 35.8 Å². The molecule has 0 amide bonds. The van der Waals surface area contributed by atoms with E-state index >= 15 is 0 Å². The number of ether oxygens (including phenoxy) is 1. The number of hydrogen-bond acceptors (Lipinski definition) is 5. The highest BCUT2D eigenvalue weighted by Gasteiger charge is 2.11. The van der Waals surface area contributed by atoms with Gasteiger partial charge in [-0.2, -0.15) is 5.10 Å². The van der Waals surface area contributed by atoms with Crippen LogP contribution in [0.1, 0.15) is 6.92 Å². The van der Waals surface area contributed by atoms with Crippen molar-refractivity contribution in [3.05, 3.63) is 47.6 Å². The quantitative estimate of drug-likeness (QED) is 0.750. The lowest BCUT2D eigenvalue weighted by atomic mass is 10.2. The van der Waals surface area contributed by atoms with Gasteiger partial charge in [-0.15, -0.1) is 0 Å². The van der Waals surface area contributed by atoms with Crippen LogP contribution < -0.4 is 4.74 Å². The minimum Gasteiger partial charge on any atom is -0.478 e. The van der Waals surface area contributed by atoms with Gasteiger partial charge in [-0.3, -0.25) is 14.6 Å². The standard InChI is InChI=1S/C14H13N5OS/c1-2-20-12-4-3-11(9-16-12)19-13(17-18-14(19)21)10-5-7-15-8-6-10/h3-9H,2H2,1H3,(H,18,21). The predicted molar refractivity (Wildman–Crippen MR) is 80.9 cm³/mol. The van der Waals surface area contributed by atoms with Gasteiger partial charge >= 0.3 is 0 Å². The molecule has 0 unspecified atom stereocenters. The Hall–Kier alpha value is -2.54. The minimum atomic E-state index is 0.507. The van der Waals surface area contributed by atoms with Crippen molar-refractivity contribution in [2.45, 2.75) is 6.92 Å². The zero-order chi connectivity index (χ0) is 14.7. The van der Waals surface area contributed by atoms with E-state index in [-0.39, 0.29) is 0 Å². The van der Waals surface area contributed by atoms with Crippen LogP contribution in [0.4, 0.5) is 0 Å². The molecule has 106 valence electrons. The van der Waals surface area contributed by atoms with Gasteiger partial charge in [-0.1, -0.05) is 0 Å². The summed E-state index contributed by atoms with van der Waals surface area (Å²) in [6.45, 7) is 2.50. The summed E-state index contributed by atoms with van der Waals surface area (Å²) in [4.78, 5) is 8.27. The first-order valence-corrected chi connectivity index (χ1v) is 6.87. The molecule has 1 N–H and O–H groups in total. The van der Waals surface area contributed by atoms with Crippen molar-refractivity contribution in [1.29, 1.82) is 0 Å². The fraction of sp³-hybridized carbons (Fsp3) is 0.143. The number of H-pyrrole nitrogens is 1. The number of nitrogens with zero attached hydrogens (tertiary/aromatic N) is 4. The van der Waals surface area contributed by atoms with E-state index < -0.39 is 0 Å². The summed E-state index contributed by atoms with van der Waals surface area (Å²) in [7, 11) is 0. The molecular weight excluding hydrogens is 286 g/mol. The molecule has 3 heterocycles. The molecule has 0 aliphatic rings. The lowest BCUT2D eigenvalue weighted by Gasteiger charge is -2.07. The molecule has 3 aromatic heterocycles. The van der Waals surface area contributed by atoms with E-state index in [0.29, 0.717) is 23.1 Å². The second-order valence-electron chi connectivity index (χ2n) is 4.21. The van der Waals surface area contributed by atoms with E-state index in [4.69, 9.17) is 17.0 Å². The Morgan fingerprint density at radius 2 is 2.05 bits per heavy atom. The summed E-state index contributed by atoms with van der Waals surface area (Å²) in [6.07, 6.45) is 5.14. The molecule has 0 fully saturated rings. The molecule has 0 bridgehead atoms. The third-order valence-electron chi connectivity index (χ3n) is 2.88. The van der Waals surface area contributed by atoms with E-state index in [2.05, 4.69) is 20.2 Å². The molecule has 0 saturated carbocycles. The van der Waals surface area contributed by atoms with Crippen LogP contribution in [0.5, 0.6) is 5.88 Å². The number of hydrogen-bond donors (Lipinski definition) is 1. The van der Waals surface area contributed by atoms with Crippen LogP contribution in [-0.4, -0.2) is 31.3 Å². The zero-order valence-electron chi connectivity index (χ0n) is 11.4. The second kappa shape index (κ2) is 5.84. The van der Waals surface area contributed by atoms with Gasteiger partial charge in [0.25, 0.3) is 0 Å². The first kappa shape index (κ1) is 13.4. The van der Waals surface area contributed by atoms with Crippen molar-refractivity contribution in [3.63, 3.8) is 0 Å². The fourth-order valence-electron chi connectivity index (χ4n) is 1.97. The number of aromatic nitrogens is 5. The molecule has 0 atom stereocenters. The Bertz CT molecular complexity index is 779. The Kier molecular flexibility index (Phi) is 3.74. The summed E-state index contributed by atoms with van der Waals surface area (Å²) in [5.41, 5.74) is 1.75. The van der Waals surface area contributed by atoms with Gasteiger partial charge in [0.05, 0.1) is 18.5 Å². The van der Waals surface area contributed by atoms with Crippen molar-refractivity contribution in [3.8, 4) is 23.0 Å². The van der Waals surface area contributed by atoms with Gasteiger partial charge in [-0.25, -0.2) is 4.98 Å². The van der Waals surface area contributed by atoms with Gasteiger partial charge in [0.1, 0.15) is 0 Å². The molecule has 3 rings (SSSR count). The van der Waals surface area contributed by atoms with Gasteiger partial charge in [0.2, 0.25) is 5.88 Å². The van der Waals surface area contributed by atoms with Crippen molar-refractivity contribution < 1.29 is 4.74 Å². The maximum absolute atomic E-state index is 5.35. The molecule has 7 heteroatoms. The van der Waals surface area contributed by atoms with Gasteiger partial charge in [0.15, 0.2) is 10.6 Å². The van der Waals surface area contributed by atoms with E-state index in [1.165, 1.54) is 0 Å². The predicted octanol–water partition coefficient (Wildman–Crippen LogP) is 2.79. The molecule has 0 aliphatic carbocycles. The van der Waals surface area contributed by atoms with Gasteiger partial charge in [-0.05, 0) is 37.3 Å². The molecule has 3 aromatic rings. The Balaban J connectivity index is 2.06. The zero-order valence-corrected chi connectivity index (χ0v) is 12.2. The van der Waals surface area contributed by atoms with Crippen LogP contribution in [0.15, 0.2) is 42.9 Å². The monoisotopic (exact) mass is 299 g/mol. The SMILES string of the molecule is CCOc1ccc(-n2c(-c3ccncc3)n[nH]c2=S)cn1. The average Bonchev–Trinajstić information content (AvgIpc) is 2.91. The number of rotatable bonds is 4. The average molecular weight is 299 g/mol. The molecule has 0 saturated heterocycles. The van der Waals surface area contributed by atoms with Crippen molar-refractivity contribution in [2.75, 3.05) is 6.61 Å². The maximum Gasteiger partial charge on any atom is 0.213 e. The number of aromatic amines is 1. The smallest absolute Gasteiger partial charge is 0.213 e. The molecule has 0 aromatic carbocycles. The van der Waals surface area contributed by atoms with E-state index in [9.17, 15) is 0 Å². The topological polar surface area (TPSA) is 68.6 Å².